The Morgan fingerprint density at radius 3 is 2.53 bits per heavy atom. The van der Waals surface area contributed by atoms with Gasteiger partial charge in [-0.25, -0.2) is 4.68 Å². The summed E-state index contributed by atoms with van der Waals surface area (Å²) in [6, 6.07) is 0. The van der Waals surface area contributed by atoms with Crippen LogP contribution in [-0.2, 0) is 11.8 Å². The van der Waals surface area contributed by atoms with Crippen molar-refractivity contribution in [1.82, 2.24) is 9.78 Å². The van der Waals surface area contributed by atoms with Gasteiger partial charge in [-0.3, -0.25) is 14.9 Å². The van der Waals surface area contributed by atoms with Crippen LogP contribution in [0.5, 0.6) is 0 Å². The summed E-state index contributed by atoms with van der Waals surface area (Å²) < 4.78 is 1.38. The van der Waals surface area contributed by atoms with Crippen molar-refractivity contribution >= 4 is 17.5 Å². The molecule has 1 atom stereocenters. The molecular formula is C11H18N4O4. The number of aromatic nitrogens is 2. The standard InChI is InChI=1S/C11H18N4O4/c1-6(2)8-9(15(18)19)10(14(4)13-8)12-5-7(3)11(16)17/h6-7,12H,5H2,1-4H3,(H,16,17). The Hall–Kier alpha value is -2.12. The van der Waals surface area contributed by atoms with Crippen LogP contribution in [0.25, 0.3) is 0 Å². The van der Waals surface area contributed by atoms with Gasteiger partial charge in [-0.2, -0.15) is 5.10 Å². The Morgan fingerprint density at radius 1 is 1.53 bits per heavy atom. The molecule has 106 valence electrons. The van der Waals surface area contributed by atoms with Crippen molar-refractivity contribution < 1.29 is 14.8 Å². The van der Waals surface area contributed by atoms with E-state index in [0.717, 1.165) is 0 Å². The topological polar surface area (TPSA) is 110 Å². The molecular weight excluding hydrogens is 252 g/mol. The van der Waals surface area contributed by atoms with E-state index in [2.05, 4.69) is 10.4 Å². The first-order valence-electron chi connectivity index (χ1n) is 5.93. The largest absolute Gasteiger partial charge is 0.481 e. The molecule has 1 rings (SSSR count). The van der Waals surface area contributed by atoms with Crippen LogP contribution in [0, 0.1) is 16.0 Å². The lowest BCUT2D eigenvalue weighted by Gasteiger charge is -2.09. The highest BCUT2D eigenvalue weighted by atomic mass is 16.6. The number of nitrogens with one attached hydrogen (secondary N) is 1. The lowest BCUT2D eigenvalue weighted by atomic mass is 10.1. The van der Waals surface area contributed by atoms with E-state index in [0.29, 0.717) is 5.69 Å². The summed E-state index contributed by atoms with van der Waals surface area (Å²) in [5.41, 5.74) is 0.299. The smallest absolute Gasteiger partial charge is 0.334 e. The second-order valence-corrected chi connectivity index (χ2v) is 4.74. The van der Waals surface area contributed by atoms with Crippen LogP contribution >= 0.6 is 0 Å². The van der Waals surface area contributed by atoms with Crippen LogP contribution in [0.2, 0.25) is 0 Å². The summed E-state index contributed by atoms with van der Waals surface area (Å²) in [6.07, 6.45) is 0. The molecule has 0 aliphatic rings. The first kappa shape index (κ1) is 14.9. The molecule has 1 aromatic heterocycles. The second kappa shape index (κ2) is 5.68. The van der Waals surface area contributed by atoms with Gasteiger partial charge >= 0.3 is 11.7 Å². The second-order valence-electron chi connectivity index (χ2n) is 4.74. The molecule has 8 nitrogen and oxygen atoms in total. The van der Waals surface area contributed by atoms with Gasteiger partial charge < -0.3 is 10.4 Å². The van der Waals surface area contributed by atoms with E-state index in [1.54, 1.807) is 7.05 Å². The fraction of sp³-hybridized carbons (Fsp3) is 0.636. The molecule has 0 aliphatic carbocycles. The van der Waals surface area contributed by atoms with Gasteiger partial charge in [-0.05, 0) is 0 Å². The Balaban J connectivity index is 3.06. The number of carboxylic acids is 1. The van der Waals surface area contributed by atoms with Crippen molar-refractivity contribution in [3.8, 4) is 0 Å². The van der Waals surface area contributed by atoms with Gasteiger partial charge in [0.15, 0.2) is 0 Å². The van der Waals surface area contributed by atoms with Crippen molar-refractivity contribution in [2.45, 2.75) is 26.7 Å². The molecule has 2 N–H and O–H groups in total. The Bertz CT molecular complexity index is 495. The minimum atomic E-state index is -0.957. The Kier molecular flexibility index (Phi) is 4.47. The number of carbonyl (C=O) groups is 1. The van der Waals surface area contributed by atoms with Crippen molar-refractivity contribution in [2.75, 3.05) is 11.9 Å². The minimum Gasteiger partial charge on any atom is -0.481 e. The van der Waals surface area contributed by atoms with Crippen LogP contribution in [0.15, 0.2) is 0 Å². The number of hydrogen-bond donors (Lipinski definition) is 2. The predicted octanol–water partition coefficient (Wildman–Crippen LogP) is 1.58. The summed E-state index contributed by atoms with van der Waals surface area (Å²) in [7, 11) is 1.59. The highest BCUT2D eigenvalue weighted by Crippen LogP contribution is 2.32. The zero-order valence-corrected chi connectivity index (χ0v) is 11.4. The molecule has 19 heavy (non-hydrogen) atoms. The Morgan fingerprint density at radius 2 is 2.11 bits per heavy atom. The summed E-state index contributed by atoms with van der Waals surface area (Å²) in [4.78, 5) is 21.4. The number of nitro groups is 1. The summed E-state index contributed by atoms with van der Waals surface area (Å²) in [5.74, 6) is -1.45. The van der Waals surface area contributed by atoms with E-state index in [1.165, 1.54) is 11.6 Å². The van der Waals surface area contributed by atoms with Gasteiger partial charge in [0.05, 0.1) is 10.8 Å². The van der Waals surface area contributed by atoms with Crippen LogP contribution in [-0.4, -0.2) is 32.3 Å². The maximum absolute atomic E-state index is 11.1. The molecule has 0 bridgehead atoms. The van der Waals surface area contributed by atoms with E-state index < -0.39 is 16.8 Å². The highest BCUT2D eigenvalue weighted by molar-refractivity contribution is 5.70. The molecule has 1 unspecified atom stereocenters. The third kappa shape index (κ3) is 3.21. The fourth-order valence-electron chi connectivity index (χ4n) is 1.64. The normalized spacial score (nSPS) is 12.5. The number of rotatable bonds is 6. The van der Waals surface area contributed by atoms with E-state index >= 15 is 0 Å². The summed E-state index contributed by atoms with van der Waals surface area (Å²) in [5, 5.41) is 26.9. The molecule has 0 saturated carbocycles. The van der Waals surface area contributed by atoms with Crippen molar-refractivity contribution in [2.24, 2.45) is 13.0 Å². The number of nitrogens with zero attached hydrogens (tertiary/aromatic N) is 3. The monoisotopic (exact) mass is 270 g/mol. The molecule has 1 aromatic rings. The Labute approximate surface area is 110 Å². The molecule has 8 heteroatoms. The van der Waals surface area contributed by atoms with Crippen LogP contribution in [0.1, 0.15) is 32.4 Å². The highest BCUT2D eigenvalue weighted by Gasteiger charge is 2.28. The third-order valence-corrected chi connectivity index (χ3v) is 2.77. The maximum Gasteiger partial charge on any atom is 0.334 e. The molecule has 1 heterocycles. The van der Waals surface area contributed by atoms with Crippen LogP contribution in [0.3, 0.4) is 0 Å². The number of carboxylic acid groups (broad SMARTS) is 1. The van der Waals surface area contributed by atoms with Gasteiger partial charge in [0, 0.05) is 19.5 Å². The van der Waals surface area contributed by atoms with Crippen molar-refractivity contribution in [3.05, 3.63) is 15.8 Å². The zero-order chi connectivity index (χ0) is 14.7. The average Bonchev–Trinajstić information content (AvgIpc) is 2.63. The van der Waals surface area contributed by atoms with E-state index in [4.69, 9.17) is 5.11 Å². The first-order chi connectivity index (χ1) is 8.75. The summed E-state index contributed by atoms with van der Waals surface area (Å²) in [6.45, 7) is 5.27. The maximum atomic E-state index is 11.1. The van der Waals surface area contributed by atoms with Gasteiger partial charge in [0.25, 0.3) is 0 Å². The SMILES string of the molecule is CC(CNc1c([N+](=O)[O-])c(C(C)C)nn1C)C(=O)O. The predicted molar refractivity (Wildman–Crippen MR) is 69.2 cm³/mol. The molecule has 0 spiro atoms. The lowest BCUT2D eigenvalue weighted by molar-refractivity contribution is -0.384. The average molecular weight is 270 g/mol. The quantitative estimate of drug-likeness (QED) is 0.599. The van der Waals surface area contributed by atoms with Crippen molar-refractivity contribution in [1.29, 1.82) is 0 Å². The van der Waals surface area contributed by atoms with E-state index in [1.807, 2.05) is 13.8 Å². The third-order valence-electron chi connectivity index (χ3n) is 2.77. The zero-order valence-electron chi connectivity index (χ0n) is 11.4. The van der Waals surface area contributed by atoms with E-state index in [9.17, 15) is 14.9 Å². The molecule has 0 amide bonds. The van der Waals surface area contributed by atoms with Crippen molar-refractivity contribution in [3.63, 3.8) is 0 Å². The molecule has 0 aliphatic heterocycles. The first-order valence-corrected chi connectivity index (χ1v) is 5.93. The van der Waals surface area contributed by atoms with Crippen LogP contribution < -0.4 is 5.32 Å². The summed E-state index contributed by atoms with van der Waals surface area (Å²) >= 11 is 0. The molecule has 0 radical (unpaired) electrons. The number of hydrogen-bond acceptors (Lipinski definition) is 5. The number of anilines is 1. The number of aryl methyl sites for hydroxylation is 1. The lowest BCUT2D eigenvalue weighted by Crippen LogP contribution is -2.21. The van der Waals surface area contributed by atoms with Crippen LogP contribution in [0.4, 0.5) is 11.5 Å². The van der Waals surface area contributed by atoms with Gasteiger partial charge in [0.1, 0.15) is 5.69 Å². The van der Waals surface area contributed by atoms with Gasteiger partial charge in [-0.1, -0.05) is 20.8 Å². The molecule has 0 aromatic carbocycles. The van der Waals surface area contributed by atoms with Gasteiger partial charge in [0.2, 0.25) is 5.82 Å². The van der Waals surface area contributed by atoms with E-state index in [-0.39, 0.29) is 24.0 Å². The van der Waals surface area contributed by atoms with Gasteiger partial charge in [-0.15, -0.1) is 0 Å². The fourth-order valence-corrected chi connectivity index (χ4v) is 1.64. The molecule has 0 fully saturated rings. The number of aliphatic carboxylic acids is 1. The molecule has 0 saturated heterocycles. The minimum absolute atomic E-state index is 0.0842.